The molecule has 2 aromatic carbocycles. The van der Waals surface area contributed by atoms with Gasteiger partial charge in [-0.15, -0.1) is 12.4 Å². The standard InChI is InChI=1S/C19H23N3O4.ClH/c1-12(11-20)18(23)21-14-9-17(26-3)15(10-16(14)25-2)22-19(24)13-7-5-4-6-8-13;/h4-10,12H,11,20H2,1-3H3,(H,21,23)(H,22,24);1H. The topological polar surface area (TPSA) is 103 Å². The Kier molecular flexibility index (Phi) is 8.58. The number of halogens is 1. The molecule has 0 radical (unpaired) electrons. The van der Waals surface area contributed by atoms with Crippen molar-refractivity contribution in [1.82, 2.24) is 0 Å². The van der Waals surface area contributed by atoms with Crippen molar-refractivity contribution < 1.29 is 19.1 Å². The van der Waals surface area contributed by atoms with Crippen molar-refractivity contribution in [3.8, 4) is 11.5 Å². The highest BCUT2D eigenvalue weighted by Gasteiger charge is 2.18. The third-order valence-electron chi connectivity index (χ3n) is 3.86. The van der Waals surface area contributed by atoms with Crippen LogP contribution in [-0.4, -0.2) is 32.6 Å². The highest BCUT2D eigenvalue weighted by molar-refractivity contribution is 6.05. The van der Waals surface area contributed by atoms with E-state index in [1.165, 1.54) is 14.2 Å². The molecular weight excluding hydrogens is 370 g/mol. The second-order valence-electron chi connectivity index (χ2n) is 5.70. The van der Waals surface area contributed by atoms with Crippen LogP contribution in [-0.2, 0) is 4.79 Å². The number of nitrogens with one attached hydrogen (secondary N) is 2. The lowest BCUT2D eigenvalue weighted by atomic mass is 10.1. The van der Waals surface area contributed by atoms with E-state index in [2.05, 4.69) is 10.6 Å². The molecule has 0 aromatic heterocycles. The number of nitrogens with two attached hydrogens (primary N) is 1. The summed E-state index contributed by atoms with van der Waals surface area (Å²) >= 11 is 0. The zero-order valence-electron chi connectivity index (χ0n) is 15.4. The van der Waals surface area contributed by atoms with Gasteiger partial charge in [0.2, 0.25) is 5.91 Å². The van der Waals surface area contributed by atoms with Crippen LogP contribution in [0.25, 0.3) is 0 Å². The number of hydrogen-bond donors (Lipinski definition) is 3. The molecule has 2 amide bonds. The minimum absolute atomic E-state index is 0. The Hall–Kier alpha value is -2.77. The average molecular weight is 394 g/mol. The second-order valence-corrected chi connectivity index (χ2v) is 5.70. The van der Waals surface area contributed by atoms with Crippen molar-refractivity contribution in [3.63, 3.8) is 0 Å². The molecule has 0 aliphatic rings. The number of benzene rings is 2. The Morgan fingerprint density at radius 3 is 2.00 bits per heavy atom. The van der Waals surface area contributed by atoms with E-state index in [1.807, 2.05) is 6.07 Å². The van der Waals surface area contributed by atoms with E-state index in [4.69, 9.17) is 15.2 Å². The van der Waals surface area contributed by atoms with E-state index < -0.39 is 0 Å². The Bertz CT molecular complexity index is 784. The molecule has 8 heteroatoms. The summed E-state index contributed by atoms with van der Waals surface area (Å²) in [6.07, 6.45) is 0. The molecule has 0 fully saturated rings. The number of hydrogen-bond acceptors (Lipinski definition) is 5. The predicted molar refractivity (Wildman–Crippen MR) is 108 cm³/mol. The fraction of sp³-hybridized carbons (Fsp3) is 0.263. The van der Waals surface area contributed by atoms with Crippen LogP contribution in [0.3, 0.4) is 0 Å². The van der Waals surface area contributed by atoms with Gasteiger partial charge in [-0.2, -0.15) is 0 Å². The molecule has 0 saturated heterocycles. The molecule has 0 aliphatic carbocycles. The summed E-state index contributed by atoms with van der Waals surface area (Å²) in [5.41, 5.74) is 6.91. The van der Waals surface area contributed by atoms with E-state index in [1.54, 1.807) is 43.3 Å². The summed E-state index contributed by atoms with van der Waals surface area (Å²) in [6, 6.07) is 12.0. The van der Waals surface area contributed by atoms with Gasteiger partial charge >= 0.3 is 0 Å². The maximum Gasteiger partial charge on any atom is 0.255 e. The number of methoxy groups -OCH3 is 2. The average Bonchev–Trinajstić information content (AvgIpc) is 2.68. The zero-order chi connectivity index (χ0) is 19.1. The van der Waals surface area contributed by atoms with Crippen molar-refractivity contribution in [2.75, 3.05) is 31.4 Å². The van der Waals surface area contributed by atoms with Crippen LogP contribution in [0.4, 0.5) is 11.4 Å². The Balaban J connectivity index is 0.00000364. The van der Waals surface area contributed by atoms with Crippen LogP contribution in [0.15, 0.2) is 42.5 Å². The quantitative estimate of drug-likeness (QED) is 0.671. The van der Waals surface area contributed by atoms with Crippen LogP contribution in [0.1, 0.15) is 17.3 Å². The highest BCUT2D eigenvalue weighted by Crippen LogP contribution is 2.36. The molecule has 27 heavy (non-hydrogen) atoms. The largest absolute Gasteiger partial charge is 0.494 e. The second kappa shape index (κ2) is 10.4. The van der Waals surface area contributed by atoms with Crippen LogP contribution in [0.5, 0.6) is 11.5 Å². The first-order valence-corrected chi connectivity index (χ1v) is 8.13. The van der Waals surface area contributed by atoms with Crippen molar-refractivity contribution in [3.05, 3.63) is 48.0 Å². The van der Waals surface area contributed by atoms with Gasteiger partial charge < -0.3 is 25.8 Å². The number of ether oxygens (including phenoxy) is 2. The number of amides is 2. The smallest absolute Gasteiger partial charge is 0.255 e. The van der Waals surface area contributed by atoms with E-state index >= 15 is 0 Å². The molecular formula is C19H24ClN3O4. The van der Waals surface area contributed by atoms with Gasteiger partial charge in [0.15, 0.2) is 0 Å². The first-order chi connectivity index (χ1) is 12.5. The van der Waals surface area contributed by atoms with Gasteiger partial charge in [-0.1, -0.05) is 25.1 Å². The van der Waals surface area contributed by atoms with Gasteiger partial charge in [0.1, 0.15) is 11.5 Å². The third-order valence-corrected chi connectivity index (χ3v) is 3.86. The monoisotopic (exact) mass is 393 g/mol. The summed E-state index contributed by atoms with van der Waals surface area (Å²) in [4.78, 5) is 24.5. The lowest BCUT2D eigenvalue weighted by molar-refractivity contribution is -0.119. The Labute approximate surface area is 164 Å². The Morgan fingerprint density at radius 2 is 1.52 bits per heavy atom. The molecule has 2 aromatic rings. The molecule has 0 aliphatic heterocycles. The minimum atomic E-state index is -0.344. The van der Waals surface area contributed by atoms with Gasteiger partial charge in [-0.05, 0) is 12.1 Å². The summed E-state index contributed by atoms with van der Waals surface area (Å²) < 4.78 is 10.7. The first-order valence-electron chi connectivity index (χ1n) is 8.13. The lowest BCUT2D eigenvalue weighted by Crippen LogP contribution is -2.26. The summed E-state index contributed by atoms with van der Waals surface area (Å²) in [7, 11) is 2.96. The van der Waals surface area contributed by atoms with Gasteiger partial charge in [0.25, 0.3) is 5.91 Å². The fourth-order valence-electron chi connectivity index (χ4n) is 2.24. The molecule has 0 saturated carbocycles. The number of anilines is 2. The predicted octanol–water partition coefficient (Wildman–Crippen LogP) is 2.91. The zero-order valence-corrected chi connectivity index (χ0v) is 16.3. The van der Waals surface area contributed by atoms with Gasteiger partial charge in [0.05, 0.1) is 25.6 Å². The van der Waals surface area contributed by atoms with E-state index in [-0.39, 0.29) is 36.7 Å². The maximum atomic E-state index is 12.4. The SMILES string of the molecule is COc1cc(NC(=O)C(C)CN)c(OC)cc1NC(=O)c1ccccc1.Cl. The summed E-state index contributed by atoms with van der Waals surface area (Å²) in [5.74, 6) is -0.0610. The van der Waals surface area contributed by atoms with Gasteiger partial charge in [0, 0.05) is 30.2 Å². The van der Waals surface area contributed by atoms with Crippen LogP contribution in [0.2, 0.25) is 0 Å². The molecule has 0 bridgehead atoms. The molecule has 146 valence electrons. The molecule has 1 atom stereocenters. The van der Waals surface area contributed by atoms with Crippen LogP contribution >= 0.6 is 12.4 Å². The number of carbonyl (C=O) groups excluding carboxylic acids is 2. The molecule has 1 unspecified atom stereocenters. The van der Waals surface area contributed by atoms with Crippen molar-refractivity contribution in [1.29, 1.82) is 0 Å². The molecule has 2 rings (SSSR count). The summed E-state index contributed by atoms with van der Waals surface area (Å²) in [6.45, 7) is 1.96. The first kappa shape index (κ1) is 22.3. The van der Waals surface area contributed by atoms with Crippen LogP contribution in [0, 0.1) is 5.92 Å². The normalized spacial score (nSPS) is 11.0. The van der Waals surface area contributed by atoms with Crippen molar-refractivity contribution in [2.45, 2.75) is 6.92 Å². The fourth-order valence-corrected chi connectivity index (χ4v) is 2.24. The molecule has 4 N–H and O–H groups in total. The molecule has 0 heterocycles. The third kappa shape index (κ3) is 5.60. The Morgan fingerprint density at radius 1 is 1.00 bits per heavy atom. The van der Waals surface area contributed by atoms with Crippen molar-refractivity contribution in [2.24, 2.45) is 11.7 Å². The number of rotatable bonds is 7. The van der Waals surface area contributed by atoms with E-state index in [0.717, 1.165) is 0 Å². The van der Waals surface area contributed by atoms with Gasteiger partial charge in [-0.3, -0.25) is 9.59 Å². The van der Waals surface area contributed by atoms with Gasteiger partial charge in [-0.25, -0.2) is 0 Å². The highest BCUT2D eigenvalue weighted by atomic mass is 35.5. The molecule has 0 spiro atoms. The van der Waals surface area contributed by atoms with Crippen molar-refractivity contribution >= 4 is 35.6 Å². The summed E-state index contributed by atoms with van der Waals surface area (Å²) in [5, 5.41) is 5.55. The molecule has 7 nitrogen and oxygen atoms in total. The van der Waals surface area contributed by atoms with E-state index in [9.17, 15) is 9.59 Å². The minimum Gasteiger partial charge on any atom is -0.494 e. The lowest BCUT2D eigenvalue weighted by Gasteiger charge is -2.17. The van der Waals surface area contributed by atoms with E-state index in [0.29, 0.717) is 28.4 Å². The maximum absolute atomic E-state index is 12.4. The van der Waals surface area contributed by atoms with Crippen LogP contribution < -0.4 is 25.8 Å². The number of carbonyl (C=O) groups is 2.